The first-order valence-corrected chi connectivity index (χ1v) is 3.67. The van der Waals surface area contributed by atoms with Gasteiger partial charge in [-0.05, 0) is 19.9 Å². The van der Waals surface area contributed by atoms with Crippen molar-refractivity contribution in [1.82, 2.24) is 4.98 Å². The summed E-state index contributed by atoms with van der Waals surface area (Å²) in [5, 5.41) is 11.8. The molecule has 0 saturated carbocycles. The minimum atomic E-state index is -1.34. The number of H-pyrrole nitrogens is 1. The summed E-state index contributed by atoms with van der Waals surface area (Å²) >= 11 is 0. The number of rotatable bonds is 2. The molecule has 1 aromatic heterocycles. The summed E-state index contributed by atoms with van der Waals surface area (Å²) in [7, 11) is 0. The average Bonchev–Trinajstić information content (AvgIpc) is 2.37. The Morgan fingerprint density at radius 2 is 2.33 bits per heavy atom. The molecular weight excluding hydrogens is 156 g/mol. The summed E-state index contributed by atoms with van der Waals surface area (Å²) in [5.41, 5.74) is -0.681. The number of aromatic nitrogens is 1. The minimum Gasteiger partial charge on any atom is -0.381 e. The van der Waals surface area contributed by atoms with Gasteiger partial charge in [-0.15, -0.1) is 0 Å². The first-order chi connectivity index (χ1) is 5.50. The number of hydrogen-bond donors (Lipinski definition) is 3. The lowest BCUT2D eigenvalue weighted by atomic mass is 10.1. The van der Waals surface area contributed by atoms with Gasteiger partial charge in [-0.2, -0.15) is 0 Å². The fourth-order valence-corrected chi connectivity index (χ4v) is 0.686. The predicted molar refractivity (Wildman–Crippen MR) is 45.7 cm³/mol. The summed E-state index contributed by atoms with van der Waals surface area (Å²) in [6.45, 7) is 2.88. The highest BCUT2D eigenvalue weighted by molar-refractivity contribution is 5.96. The molecule has 0 fully saturated rings. The Labute approximate surface area is 70.6 Å². The van der Waals surface area contributed by atoms with Crippen molar-refractivity contribution in [1.29, 1.82) is 0 Å². The third-order valence-electron chi connectivity index (χ3n) is 1.41. The highest BCUT2D eigenvalue weighted by Crippen LogP contribution is 2.08. The van der Waals surface area contributed by atoms with Crippen LogP contribution < -0.4 is 5.32 Å². The molecule has 3 N–H and O–H groups in total. The lowest BCUT2D eigenvalue weighted by molar-refractivity contribution is -0.130. The van der Waals surface area contributed by atoms with E-state index in [4.69, 9.17) is 0 Å². The van der Waals surface area contributed by atoms with Gasteiger partial charge in [-0.1, -0.05) is 0 Å². The van der Waals surface area contributed by atoms with Gasteiger partial charge in [0.15, 0.2) is 0 Å². The highest BCUT2D eigenvalue weighted by Gasteiger charge is 2.23. The van der Waals surface area contributed by atoms with E-state index in [2.05, 4.69) is 10.3 Å². The highest BCUT2D eigenvalue weighted by atomic mass is 16.3. The van der Waals surface area contributed by atoms with Crippen molar-refractivity contribution in [2.75, 3.05) is 5.32 Å². The van der Waals surface area contributed by atoms with Crippen molar-refractivity contribution >= 4 is 11.6 Å². The molecule has 0 saturated heterocycles. The van der Waals surface area contributed by atoms with E-state index in [9.17, 15) is 9.90 Å². The number of aliphatic hydroxyl groups is 1. The maximum absolute atomic E-state index is 11.2. The number of aromatic amines is 1. The molecule has 0 atom stereocenters. The SMILES string of the molecule is CC(C)(O)C(=O)Nc1cc[nH]c1. The van der Waals surface area contributed by atoms with Crippen molar-refractivity contribution < 1.29 is 9.90 Å². The molecule has 0 radical (unpaired) electrons. The Kier molecular flexibility index (Phi) is 2.19. The number of carbonyl (C=O) groups is 1. The van der Waals surface area contributed by atoms with Crippen molar-refractivity contribution in [2.24, 2.45) is 0 Å². The Balaban J connectivity index is 2.60. The van der Waals surface area contributed by atoms with E-state index in [-0.39, 0.29) is 0 Å². The summed E-state index contributed by atoms with van der Waals surface area (Å²) in [5.74, 6) is -0.415. The number of hydrogen-bond acceptors (Lipinski definition) is 2. The maximum atomic E-state index is 11.2. The standard InChI is InChI=1S/C8H12N2O2/c1-8(2,12)7(11)10-6-3-4-9-5-6/h3-5,9,12H,1-2H3,(H,10,11). The lowest BCUT2D eigenvalue weighted by Crippen LogP contribution is -2.36. The van der Waals surface area contributed by atoms with Gasteiger partial charge in [-0.25, -0.2) is 0 Å². The zero-order chi connectivity index (χ0) is 9.19. The second-order valence-corrected chi connectivity index (χ2v) is 3.11. The molecule has 1 heterocycles. The Bertz CT molecular complexity index is 259. The van der Waals surface area contributed by atoms with Gasteiger partial charge in [0.25, 0.3) is 5.91 Å². The van der Waals surface area contributed by atoms with Crippen molar-refractivity contribution in [2.45, 2.75) is 19.4 Å². The smallest absolute Gasteiger partial charge is 0.255 e. The number of nitrogens with one attached hydrogen (secondary N) is 2. The van der Waals surface area contributed by atoms with Crippen LogP contribution in [0.5, 0.6) is 0 Å². The van der Waals surface area contributed by atoms with Crippen LogP contribution in [0.4, 0.5) is 5.69 Å². The summed E-state index contributed by atoms with van der Waals surface area (Å²) in [6, 6.07) is 1.71. The van der Waals surface area contributed by atoms with Crippen LogP contribution in [-0.4, -0.2) is 21.6 Å². The van der Waals surface area contributed by atoms with E-state index in [1.807, 2.05) is 0 Å². The Morgan fingerprint density at radius 3 is 2.75 bits per heavy atom. The maximum Gasteiger partial charge on any atom is 0.255 e. The monoisotopic (exact) mass is 168 g/mol. The quantitative estimate of drug-likeness (QED) is 0.609. The average molecular weight is 168 g/mol. The van der Waals surface area contributed by atoms with Crippen molar-refractivity contribution in [3.8, 4) is 0 Å². The summed E-state index contributed by atoms with van der Waals surface area (Å²) in [6.07, 6.45) is 3.34. The van der Waals surface area contributed by atoms with Crippen LogP contribution in [0.1, 0.15) is 13.8 Å². The molecule has 0 bridgehead atoms. The number of amides is 1. The molecular formula is C8H12N2O2. The fraction of sp³-hybridized carbons (Fsp3) is 0.375. The second kappa shape index (κ2) is 2.98. The van der Waals surface area contributed by atoms with Crippen LogP contribution in [0.25, 0.3) is 0 Å². The van der Waals surface area contributed by atoms with Crippen LogP contribution in [0.3, 0.4) is 0 Å². The molecule has 1 rings (SSSR count). The molecule has 0 aliphatic rings. The van der Waals surface area contributed by atoms with E-state index >= 15 is 0 Å². The van der Waals surface area contributed by atoms with Crippen LogP contribution >= 0.6 is 0 Å². The van der Waals surface area contributed by atoms with Crippen LogP contribution in [0.2, 0.25) is 0 Å². The van der Waals surface area contributed by atoms with Gasteiger partial charge < -0.3 is 15.4 Å². The van der Waals surface area contributed by atoms with Crippen LogP contribution in [0, 0.1) is 0 Å². The third-order valence-corrected chi connectivity index (χ3v) is 1.41. The molecule has 4 nitrogen and oxygen atoms in total. The first kappa shape index (κ1) is 8.80. The molecule has 0 unspecified atom stereocenters. The molecule has 0 aliphatic carbocycles. The fourth-order valence-electron chi connectivity index (χ4n) is 0.686. The van der Waals surface area contributed by atoms with E-state index in [1.54, 1.807) is 18.5 Å². The largest absolute Gasteiger partial charge is 0.381 e. The third kappa shape index (κ3) is 2.10. The molecule has 0 aliphatic heterocycles. The Hall–Kier alpha value is -1.29. The van der Waals surface area contributed by atoms with E-state index in [0.717, 1.165) is 0 Å². The molecule has 66 valence electrons. The van der Waals surface area contributed by atoms with Crippen molar-refractivity contribution in [3.63, 3.8) is 0 Å². The molecule has 1 aromatic rings. The number of carbonyl (C=O) groups excluding carboxylic acids is 1. The predicted octanol–water partition coefficient (Wildman–Crippen LogP) is 0.724. The Morgan fingerprint density at radius 1 is 1.67 bits per heavy atom. The molecule has 4 heteroatoms. The van der Waals surface area contributed by atoms with Gasteiger partial charge in [0.1, 0.15) is 5.60 Å². The van der Waals surface area contributed by atoms with Gasteiger partial charge in [0, 0.05) is 12.4 Å². The lowest BCUT2D eigenvalue weighted by Gasteiger charge is -2.15. The van der Waals surface area contributed by atoms with Gasteiger partial charge in [0.2, 0.25) is 0 Å². The first-order valence-electron chi connectivity index (χ1n) is 3.67. The van der Waals surface area contributed by atoms with Crippen LogP contribution in [-0.2, 0) is 4.79 Å². The minimum absolute atomic E-state index is 0.415. The second-order valence-electron chi connectivity index (χ2n) is 3.11. The normalized spacial score (nSPS) is 11.2. The zero-order valence-corrected chi connectivity index (χ0v) is 7.09. The summed E-state index contributed by atoms with van der Waals surface area (Å²) in [4.78, 5) is 13.9. The molecule has 0 spiro atoms. The van der Waals surface area contributed by atoms with Gasteiger partial charge in [-0.3, -0.25) is 4.79 Å². The van der Waals surface area contributed by atoms with Gasteiger partial charge >= 0.3 is 0 Å². The van der Waals surface area contributed by atoms with E-state index in [0.29, 0.717) is 5.69 Å². The zero-order valence-electron chi connectivity index (χ0n) is 7.09. The van der Waals surface area contributed by atoms with Crippen molar-refractivity contribution in [3.05, 3.63) is 18.5 Å². The van der Waals surface area contributed by atoms with E-state index in [1.165, 1.54) is 13.8 Å². The molecule has 1 amide bonds. The van der Waals surface area contributed by atoms with E-state index < -0.39 is 11.5 Å². The van der Waals surface area contributed by atoms with Crippen LogP contribution in [0.15, 0.2) is 18.5 Å². The molecule has 0 aromatic carbocycles. The topological polar surface area (TPSA) is 65.1 Å². The molecule has 12 heavy (non-hydrogen) atoms. The van der Waals surface area contributed by atoms with Gasteiger partial charge in [0.05, 0.1) is 5.69 Å². The summed E-state index contributed by atoms with van der Waals surface area (Å²) < 4.78 is 0. The number of anilines is 1.